The van der Waals surface area contributed by atoms with Crippen LogP contribution < -0.4 is 5.56 Å². The molecule has 4 aromatic rings. The number of fused-ring (bicyclic) bond motifs is 2. The number of halogens is 1. The van der Waals surface area contributed by atoms with E-state index >= 15 is 0 Å². The first-order valence-corrected chi connectivity index (χ1v) is 10.6. The van der Waals surface area contributed by atoms with Crippen molar-refractivity contribution in [3.8, 4) is 10.6 Å². The normalized spacial score (nSPS) is 14.9. The molecule has 0 unspecified atom stereocenters. The molecule has 0 bridgehead atoms. The standard InChI is InChI=1S/C21H16FN3OS2/c1-11-12(2)28-20-17(11)21(26)25-8-7-14(18(25)24-20)9-16-10-27-19(23-16)13-3-5-15(22)6-4-13/h3-6,9-10H,7-8H2,1-2H3/b14-9-. The summed E-state index contributed by atoms with van der Waals surface area (Å²) >= 11 is 3.09. The molecule has 28 heavy (non-hydrogen) atoms. The lowest BCUT2D eigenvalue weighted by Gasteiger charge is -2.03. The highest BCUT2D eigenvalue weighted by atomic mass is 32.1. The molecule has 7 heteroatoms. The highest BCUT2D eigenvalue weighted by molar-refractivity contribution is 7.18. The van der Waals surface area contributed by atoms with E-state index in [4.69, 9.17) is 4.98 Å². The summed E-state index contributed by atoms with van der Waals surface area (Å²) in [4.78, 5) is 24.3. The van der Waals surface area contributed by atoms with Crippen LogP contribution in [0.2, 0.25) is 0 Å². The largest absolute Gasteiger partial charge is 0.292 e. The number of allylic oxidation sites excluding steroid dienone is 1. The minimum atomic E-state index is -0.257. The molecule has 5 rings (SSSR count). The summed E-state index contributed by atoms with van der Waals surface area (Å²) < 4.78 is 14.9. The molecule has 0 radical (unpaired) electrons. The fourth-order valence-corrected chi connectivity index (χ4v) is 5.32. The van der Waals surface area contributed by atoms with Gasteiger partial charge < -0.3 is 0 Å². The highest BCUT2D eigenvalue weighted by Gasteiger charge is 2.23. The average Bonchev–Trinajstić information content (AvgIpc) is 3.36. The van der Waals surface area contributed by atoms with Crippen molar-refractivity contribution in [3.05, 3.63) is 67.8 Å². The molecular weight excluding hydrogens is 393 g/mol. The van der Waals surface area contributed by atoms with E-state index in [1.165, 1.54) is 23.5 Å². The molecule has 1 aliphatic heterocycles. The summed E-state index contributed by atoms with van der Waals surface area (Å²) in [5.74, 6) is 0.488. The van der Waals surface area contributed by atoms with Gasteiger partial charge in [0, 0.05) is 22.4 Å². The second-order valence-corrected chi connectivity index (χ2v) is 8.92. The van der Waals surface area contributed by atoms with Gasteiger partial charge in [-0.3, -0.25) is 9.36 Å². The van der Waals surface area contributed by atoms with Crippen LogP contribution in [0.1, 0.15) is 28.4 Å². The van der Waals surface area contributed by atoms with Gasteiger partial charge in [-0.25, -0.2) is 14.4 Å². The van der Waals surface area contributed by atoms with E-state index in [-0.39, 0.29) is 11.4 Å². The van der Waals surface area contributed by atoms with Crippen LogP contribution in [-0.4, -0.2) is 14.5 Å². The fraction of sp³-hybridized carbons (Fsp3) is 0.190. The quantitative estimate of drug-likeness (QED) is 0.452. The Morgan fingerprint density at radius 2 is 1.96 bits per heavy atom. The van der Waals surface area contributed by atoms with E-state index in [1.807, 2.05) is 25.3 Å². The summed E-state index contributed by atoms with van der Waals surface area (Å²) in [6, 6.07) is 6.34. The predicted octanol–water partition coefficient (Wildman–Crippen LogP) is 5.28. The van der Waals surface area contributed by atoms with Gasteiger partial charge in [-0.15, -0.1) is 22.7 Å². The van der Waals surface area contributed by atoms with Crippen molar-refractivity contribution in [1.82, 2.24) is 14.5 Å². The zero-order valence-corrected chi connectivity index (χ0v) is 17.0. The average molecular weight is 410 g/mol. The Morgan fingerprint density at radius 3 is 2.75 bits per heavy atom. The molecule has 0 atom stereocenters. The van der Waals surface area contributed by atoms with Crippen LogP contribution in [-0.2, 0) is 6.54 Å². The maximum absolute atomic E-state index is 13.1. The Hall–Kier alpha value is -2.64. The third-order valence-electron chi connectivity index (χ3n) is 5.12. The highest BCUT2D eigenvalue weighted by Crippen LogP contribution is 2.32. The van der Waals surface area contributed by atoms with Gasteiger partial charge in [-0.1, -0.05) is 0 Å². The second kappa shape index (κ2) is 6.46. The third kappa shape index (κ3) is 2.73. The van der Waals surface area contributed by atoms with Crippen LogP contribution in [0.15, 0.2) is 34.4 Å². The Balaban J connectivity index is 1.56. The van der Waals surface area contributed by atoms with Crippen molar-refractivity contribution < 1.29 is 4.39 Å². The van der Waals surface area contributed by atoms with Crippen LogP contribution in [0.3, 0.4) is 0 Å². The molecule has 0 amide bonds. The lowest BCUT2D eigenvalue weighted by atomic mass is 10.2. The number of thiophene rings is 1. The van der Waals surface area contributed by atoms with Gasteiger partial charge in [0.05, 0.1) is 11.1 Å². The third-order valence-corrected chi connectivity index (χ3v) is 7.13. The summed E-state index contributed by atoms with van der Waals surface area (Å²) in [5.41, 5.74) is 3.84. The van der Waals surface area contributed by atoms with E-state index in [2.05, 4.69) is 4.98 Å². The van der Waals surface area contributed by atoms with Gasteiger partial charge in [-0.2, -0.15) is 0 Å². The summed E-state index contributed by atoms with van der Waals surface area (Å²) in [6.45, 7) is 4.66. The van der Waals surface area contributed by atoms with Crippen LogP contribution in [0.5, 0.6) is 0 Å². The Bertz CT molecular complexity index is 1310. The number of nitrogens with zero attached hydrogens (tertiary/aromatic N) is 3. The van der Waals surface area contributed by atoms with Gasteiger partial charge in [0.15, 0.2) is 0 Å². The van der Waals surface area contributed by atoms with Gasteiger partial charge in [0.25, 0.3) is 5.56 Å². The molecular formula is C21H16FN3OS2. The fourth-order valence-electron chi connectivity index (χ4n) is 3.52. The number of rotatable bonds is 2. The summed E-state index contributed by atoms with van der Waals surface area (Å²) in [5, 5.41) is 3.57. The van der Waals surface area contributed by atoms with Crippen LogP contribution in [0.4, 0.5) is 4.39 Å². The number of benzene rings is 1. The molecule has 1 aromatic carbocycles. The van der Waals surface area contributed by atoms with E-state index in [1.54, 1.807) is 28.0 Å². The molecule has 1 aliphatic rings. The number of aryl methyl sites for hydroxylation is 2. The number of thiazole rings is 1. The molecule has 140 valence electrons. The number of hydrogen-bond donors (Lipinski definition) is 0. The topological polar surface area (TPSA) is 47.8 Å². The molecule has 0 N–H and O–H groups in total. The molecule has 0 aliphatic carbocycles. The van der Waals surface area contributed by atoms with Crippen LogP contribution >= 0.6 is 22.7 Å². The Kier molecular flexibility index (Phi) is 4.03. The van der Waals surface area contributed by atoms with Crippen LogP contribution in [0.25, 0.3) is 32.4 Å². The predicted molar refractivity (Wildman–Crippen MR) is 113 cm³/mol. The van der Waals surface area contributed by atoms with Gasteiger partial charge in [-0.05, 0) is 61.7 Å². The zero-order chi connectivity index (χ0) is 19.4. The molecule has 3 aromatic heterocycles. The Labute approximate surface area is 168 Å². The van der Waals surface area contributed by atoms with E-state index < -0.39 is 0 Å². The number of aromatic nitrogens is 3. The van der Waals surface area contributed by atoms with Crippen molar-refractivity contribution in [3.63, 3.8) is 0 Å². The van der Waals surface area contributed by atoms with Gasteiger partial charge >= 0.3 is 0 Å². The smallest absolute Gasteiger partial charge is 0.262 e. The van der Waals surface area contributed by atoms with E-state index in [0.717, 1.165) is 54.7 Å². The van der Waals surface area contributed by atoms with E-state index in [0.29, 0.717) is 6.54 Å². The van der Waals surface area contributed by atoms with Crippen molar-refractivity contribution in [1.29, 1.82) is 0 Å². The first-order chi connectivity index (χ1) is 13.5. The zero-order valence-electron chi connectivity index (χ0n) is 15.3. The summed E-state index contributed by atoms with van der Waals surface area (Å²) in [6.07, 6.45) is 2.77. The first-order valence-electron chi connectivity index (χ1n) is 8.94. The van der Waals surface area contributed by atoms with E-state index in [9.17, 15) is 9.18 Å². The van der Waals surface area contributed by atoms with Crippen LogP contribution in [0, 0.1) is 19.7 Å². The minimum absolute atomic E-state index is 0.0514. The molecule has 0 spiro atoms. The molecule has 0 saturated heterocycles. The SMILES string of the molecule is Cc1sc2nc3n(c(=O)c2c1C)CC/C3=C/c1csc(-c2ccc(F)cc2)n1. The van der Waals surface area contributed by atoms with Crippen molar-refractivity contribution in [2.24, 2.45) is 0 Å². The second-order valence-electron chi connectivity index (χ2n) is 6.86. The van der Waals surface area contributed by atoms with Crippen molar-refractivity contribution >= 4 is 44.5 Å². The first kappa shape index (κ1) is 17.5. The van der Waals surface area contributed by atoms with Crippen molar-refractivity contribution in [2.45, 2.75) is 26.8 Å². The van der Waals surface area contributed by atoms with Gasteiger partial charge in [0.2, 0.25) is 0 Å². The number of hydrogen-bond acceptors (Lipinski definition) is 5. The lowest BCUT2D eigenvalue weighted by Crippen LogP contribution is -2.20. The molecule has 0 fully saturated rings. The minimum Gasteiger partial charge on any atom is -0.292 e. The molecule has 0 saturated carbocycles. The monoisotopic (exact) mass is 409 g/mol. The van der Waals surface area contributed by atoms with Gasteiger partial charge in [0.1, 0.15) is 21.5 Å². The maximum atomic E-state index is 13.1. The molecule has 4 heterocycles. The van der Waals surface area contributed by atoms with Crippen molar-refractivity contribution in [2.75, 3.05) is 0 Å². The Morgan fingerprint density at radius 1 is 1.18 bits per heavy atom. The molecule has 4 nitrogen and oxygen atoms in total. The summed E-state index contributed by atoms with van der Waals surface area (Å²) in [7, 11) is 0. The maximum Gasteiger partial charge on any atom is 0.262 e. The lowest BCUT2D eigenvalue weighted by molar-refractivity contribution is 0.628.